The summed E-state index contributed by atoms with van der Waals surface area (Å²) in [6.07, 6.45) is 4.57. The Morgan fingerprint density at radius 1 is 1.44 bits per heavy atom. The first-order valence-corrected chi connectivity index (χ1v) is 8.77. The summed E-state index contributed by atoms with van der Waals surface area (Å²) in [7, 11) is -3.03. The van der Waals surface area contributed by atoms with E-state index >= 15 is 0 Å². The lowest BCUT2D eigenvalue weighted by atomic mass is 10.0. The summed E-state index contributed by atoms with van der Waals surface area (Å²) in [6, 6.07) is 0.645. The Kier molecular flexibility index (Phi) is 3.78. The molecule has 1 aliphatic heterocycles. The normalized spacial score (nSPS) is 33.6. The topological polar surface area (TPSA) is 49.4 Å². The zero-order valence-electron chi connectivity index (χ0n) is 11.9. The molecule has 1 saturated carbocycles. The largest absolute Gasteiger partial charge is 0.312 e. The van der Waals surface area contributed by atoms with Gasteiger partial charge in [-0.15, -0.1) is 0 Å². The third kappa shape index (κ3) is 3.06. The second-order valence-electron chi connectivity index (χ2n) is 6.67. The Labute approximate surface area is 111 Å². The van der Waals surface area contributed by atoms with Crippen molar-refractivity contribution in [2.75, 3.05) is 19.3 Å². The predicted octanol–water partition coefficient (Wildman–Crippen LogP) is 1.43. The van der Waals surface area contributed by atoms with Crippen LogP contribution in [0.3, 0.4) is 0 Å². The van der Waals surface area contributed by atoms with E-state index in [4.69, 9.17) is 0 Å². The smallest absolute Gasteiger partial charge is 0.211 e. The van der Waals surface area contributed by atoms with E-state index < -0.39 is 10.0 Å². The van der Waals surface area contributed by atoms with Crippen molar-refractivity contribution in [2.24, 2.45) is 11.3 Å². The van der Waals surface area contributed by atoms with E-state index in [1.54, 1.807) is 4.31 Å². The zero-order valence-corrected chi connectivity index (χ0v) is 12.8. The zero-order chi connectivity index (χ0) is 13.6. The molecule has 2 fully saturated rings. The van der Waals surface area contributed by atoms with Crippen LogP contribution >= 0.6 is 0 Å². The van der Waals surface area contributed by atoms with Gasteiger partial charge < -0.3 is 5.32 Å². The van der Waals surface area contributed by atoms with Crippen molar-refractivity contribution < 1.29 is 8.42 Å². The number of rotatable bonds is 5. The third-order valence-electron chi connectivity index (χ3n) is 4.62. The van der Waals surface area contributed by atoms with Crippen molar-refractivity contribution in [3.63, 3.8) is 0 Å². The van der Waals surface area contributed by atoms with E-state index in [1.807, 2.05) is 0 Å². The molecule has 5 heteroatoms. The van der Waals surface area contributed by atoms with E-state index in [0.717, 1.165) is 25.3 Å². The van der Waals surface area contributed by atoms with Crippen LogP contribution < -0.4 is 5.32 Å². The molecular weight excluding hydrogens is 248 g/mol. The van der Waals surface area contributed by atoms with Gasteiger partial charge in [-0.25, -0.2) is 8.42 Å². The van der Waals surface area contributed by atoms with Gasteiger partial charge in [0.05, 0.1) is 6.26 Å². The first-order valence-electron chi connectivity index (χ1n) is 6.92. The third-order valence-corrected chi connectivity index (χ3v) is 5.95. The Morgan fingerprint density at radius 3 is 2.56 bits per heavy atom. The molecule has 106 valence electrons. The maximum atomic E-state index is 11.6. The van der Waals surface area contributed by atoms with Crippen LogP contribution in [0.2, 0.25) is 0 Å². The van der Waals surface area contributed by atoms with E-state index in [-0.39, 0.29) is 6.04 Å². The molecule has 0 aromatic carbocycles. The van der Waals surface area contributed by atoms with Crippen molar-refractivity contribution >= 4 is 10.0 Å². The van der Waals surface area contributed by atoms with Crippen LogP contribution in [-0.2, 0) is 10.0 Å². The van der Waals surface area contributed by atoms with Crippen LogP contribution in [0.1, 0.15) is 40.0 Å². The molecule has 1 N–H and O–H groups in total. The van der Waals surface area contributed by atoms with Crippen LogP contribution in [0.25, 0.3) is 0 Å². The molecule has 18 heavy (non-hydrogen) atoms. The van der Waals surface area contributed by atoms with Gasteiger partial charge in [-0.3, -0.25) is 0 Å². The highest BCUT2D eigenvalue weighted by molar-refractivity contribution is 7.88. The quantitative estimate of drug-likeness (QED) is 0.825. The second kappa shape index (κ2) is 4.76. The molecule has 0 unspecified atom stereocenters. The minimum Gasteiger partial charge on any atom is -0.312 e. The minimum atomic E-state index is -3.03. The van der Waals surface area contributed by atoms with Crippen molar-refractivity contribution in [1.29, 1.82) is 0 Å². The summed E-state index contributed by atoms with van der Waals surface area (Å²) >= 11 is 0. The summed E-state index contributed by atoms with van der Waals surface area (Å²) in [5, 5.41) is 3.54. The SMILES string of the molecule is C[C@H](NC[C@H]1CCCN1S(C)(=O)=O)[C@H]1CC1(C)C. The fraction of sp³-hybridized carbons (Fsp3) is 1.00. The lowest BCUT2D eigenvalue weighted by Crippen LogP contribution is -2.44. The van der Waals surface area contributed by atoms with Crippen LogP contribution in [0.4, 0.5) is 0 Å². The van der Waals surface area contributed by atoms with E-state index in [1.165, 1.54) is 12.7 Å². The van der Waals surface area contributed by atoms with Gasteiger partial charge in [0.1, 0.15) is 0 Å². The fourth-order valence-electron chi connectivity index (χ4n) is 3.28. The van der Waals surface area contributed by atoms with E-state index in [2.05, 4.69) is 26.1 Å². The van der Waals surface area contributed by atoms with Crippen molar-refractivity contribution in [3.05, 3.63) is 0 Å². The monoisotopic (exact) mass is 274 g/mol. The summed E-state index contributed by atoms with van der Waals surface area (Å²) in [5.74, 6) is 0.741. The number of nitrogens with zero attached hydrogens (tertiary/aromatic N) is 1. The summed E-state index contributed by atoms with van der Waals surface area (Å²) in [5.41, 5.74) is 0.471. The molecule has 0 radical (unpaired) electrons. The highest BCUT2D eigenvalue weighted by atomic mass is 32.2. The van der Waals surface area contributed by atoms with Gasteiger partial charge in [0.2, 0.25) is 10.0 Å². The first-order chi connectivity index (χ1) is 8.22. The van der Waals surface area contributed by atoms with Gasteiger partial charge in [-0.2, -0.15) is 4.31 Å². The maximum absolute atomic E-state index is 11.6. The molecule has 0 aromatic rings. The maximum Gasteiger partial charge on any atom is 0.211 e. The Morgan fingerprint density at radius 2 is 2.06 bits per heavy atom. The van der Waals surface area contributed by atoms with Crippen LogP contribution in [0.5, 0.6) is 0 Å². The molecule has 1 aliphatic carbocycles. The Hall–Kier alpha value is -0.130. The average Bonchev–Trinajstić information content (AvgIpc) is 2.70. The van der Waals surface area contributed by atoms with Gasteiger partial charge in [-0.05, 0) is 37.5 Å². The van der Waals surface area contributed by atoms with Gasteiger partial charge in [-0.1, -0.05) is 13.8 Å². The van der Waals surface area contributed by atoms with Crippen molar-refractivity contribution in [2.45, 2.75) is 52.1 Å². The van der Waals surface area contributed by atoms with E-state index in [0.29, 0.717) is 18.0 Å². The molecule has 4 nitrogen and oxygen atoms in total. The van der Waals surface area contributed by atoms with E-state index in [9.17, 15) is 8.42 Å². The van der Waals surface area contributed by atoms with Crippen LogP contribution in [0, 0.1) is 11.3 Å². The summed E-state index contributed by atoms with van der Waals surface area (Å²) in [4.78, 5) is 0. The van der Waals surface area contributed by atoms with Gasteiger partial charge in [0.25, 0.3) is 0 Å². The first kappa shape index (κ1) is 14.3. The lowest BCUT2D eigenvalue weighted by molar-refractivity contribution is 0.343. The molecule has 2 rings (SSSR count). The Bertz CT molecular complexity index is 405. The molecule has 3 atom stereocenters. The molecule has 2 aliphatic rings. The molecule has 0 spiro atoms. The van der Waals surface area contributed by atoms with Crippen LogP contribution in [0.15, 0.2) is 0 Å². The highest BCUT2D eigenvalue weighted by Gasteiger charge is 2.48. The van der Waals surface area contributed by atoms with Crippen molar-refractivity contribution in [3.8, 4) is 0 Å². The molecule has 0 aromatic heterocycles. The van der Waals surface area contributed by atoms with Crippen molar-refractivity contribution in [1.82, 2.24) is 9.62 Å². The number of sulfonamides is 1. The molecule has 0 amide bonds. The van der Waals surface area contributed by atoms with Crippen LogP contribution in [-0.4, -0.2) is 44.2 Å². The Balaban J connectivity index is 1.83. The number of hydrogen-bond acceptors (Lipinski definition) is 3. The summed E-state index contributed by atoms with van der Waals surface area (Å²) < 4.78 is 24.9. The fourth-order valence-corrected chi connectivity index (χ4v) is 4.46. The number of hydrogen-bond donors (Lipinski definition) is 1. The average molecular weight is 274 g/mol. The molecule has 1 saturated heterocycles. The van der Waals surface area contributed by atoms with Gasteiger partial charge in [0, 0.05) is 25.2 Å². The molecule has 1 heterocycles. The standard InChI is InChI=1S/C13H26N2O2S/c1-10(12-8-13(12,2)3)14-9-11-6-5-7-15(11)18(4,16)17/h10-12,14H,5-9H2,1-4H3/t10-,11+,12+/m0/s1. The minimum absolute atomic E-state index is 0.157. The second-order valence-corrected chi connectivity index (χ2v) is 8.60. The summed E-state index contributed by atoms with van der Waals surface area (Å²) in [6.45, 7) is 8.30. The molecular formula is C13H26N2O2S. The van der Waals surface area contributed by atoms with Gasteiger partial charge >= 0.3 is 0 Å². The lowest BCUT2D eigenvalue weighted by Gasteiger charge is -2.25. The molecule has 0 bridgehead atoms. The van der Waals surface area contributed by atoms with Gasteiger partial charge in [0.15, 0.2) is 0 Å². The number of nitrogens with one attached hydrogen (secondary N) is 1. The highest BCUT2D eigenvalue weighted by Crippen LogP contribution is 2.53. The predicted molar refractivity (Wildman–Crippen MR) is 73.9 cm³/mol.